The number of piperazine rings is 2. The number of piperidine rings is 1. The molecule has 1 aromatic heterocycles. The van der Waals surface area contributed by atoms with Crippen LogP contribution in [0.3, 0.4) is 0 Å². The number of anilines is 1. The smallest absolute Gasteiger partial charge is 0.262 e. The van der Waals surface area contributed by atoms with Crippen LogP contribution in [-0.2, 0) is 9.59 Å². The van der Waals surface area contributed by atoms with Crippen LogP contribution in [0.1, 0.15) is 55.9 Å². The number of ether oxygens (including phenoxy) is 1. The van der Waals surface area contributed by atoms with Gasteiger partial charge in [-0.2, -0.15) is 0 Å². The first-order chi connectivity index (χ1) is 30.1. The number of ketones is 1. The van der Waals surface area contributed by atoms with E-state index in [0.717, 1.165) is 110 Å². The predicted octanol–water partition coefficient (Wildman–Crippen LogP) is 4.82. The second-order valence-electron chi connectivity index (χ2n) is 16.3. The Morgan fingerprint density at radius 3 is 2.05 bits per heavy atom. The standard InChI is InChI=1S/C47H48N6O8S/c54-33-7-2-31(3-8-33)44-42(37-13-9-34(55)29-40(37)62-44)43(57)30-4-10-35(11-5-30)61-27-26-51-20-18-49(19-21-51)16-1-17-50-22-24-52(25-23-50)32-6-12-36-38(28-32)47(60)53(46(36)59)39-14-15-41(56)48-45(39)58/h2-13,28-29,39,54-55H,1,14-27H2,(H,48,56,58). The molecule has 5 heterocycles. The molecule has 5 aromatic rings. The van der Waals surface area contributed by atoms with Crippen molar-refractivity contribution in [3.05, 3.63) is 107 Å². The molecule has 320 valence electrons. The molecule has 15 heteroatoms. The number of aromatic hydroxyl groups is 2. The Morgan fingerprint density at radius 1 is 0.710 bits per heavy atom. The molecule has 4 amide bonds. The number of carbonyl (C=O) groups excluding carboxylic acids is 5. The van der Waals surface area contributed by atoms with Crippen LogP contribution >= 0.6 is 11.3 Å². The third-order valence-corrected chi connectivity index (χ3v) is 13.6. The number of phenolic OH excluding ortho intramolecular Hbond substituents is 2. The zero-order valence-corrected chi connectivity index (χ0v) is 35.1. The van der Waals surface area contributed by atoms with E-state index >= 15 is 0 Å². The number of phenols is 2. The number of thiophene rings is 1. The van der Waals surface area contributed by atoms with Gasteiger partial charge in [0.2, 0.25) is 11.8 Å². The van der Waals surface area contributed by atoms with E-state index < -0.39 is 29.7 Å². The highest BCUT2D eigenvalue weighted by Gasteiger charge is 2.45. The molecule has 0 aliphatic carbocycles. The number of rotatable bonds is 13. The van der Waals surface area contributed by atoms with Crippen molar-refractivity contribution in [1.82, 2.24) is 24.9 Å². The number of nitrogens with one attached hydrogen (secondary N) is 1. The molecule has 0 spiro atoms. The number of imide groups is 2. The molecular formula is C47H48N6O8S. The molecule has 3 N–H and O–H groups in total. The van der Waals surface area contributed by atoms with Gasteiger partial charge in [-0.3, -0.25) is 44.0 Å². The average Bonchev–Trinajstić information content (AvgIpc) is 3.77. The highest BCUT2D eigenvalue weighted by molar-refractivity contribution is 7.22. The van der Waals surface area contributed by atoms with Crippen LogP contribution in [-0.4, -0.2) is 144 Å². The van der Waals surface area contributed by atoms with Gasteiger partial charge < -0.3 is 24.7 Å². The number of hydrogen-bond donors (Lipinski definition) is 3. The average molecular weight is 857 g/mol. The van der Waals surface area contributed by atoms with Crippen molar-refractivity contribution < 1.29 is 38.9 Å². The Kier molecular flexibility index (Phi) is 11.8. The van der Waals surface area contributed by atoms with Crippen molar-refractivity contribution in [1.29, 1.82) is 0 Å². The molecule has 0 bridgehead atoms. The lowest BCUT2D eigenvalue weighted by molar-refractivity contribution is -0.136. The Bertz CT molecular complexity index is 2530. The zero-order chi connectivity index (χ0) is 42.9. The minimum absolute atomic E-state index is 0.0924. The highest BCUT2D eigenvalue weighted by atomic mass is 32.1. The van der Waals surface area contributed by atoms with Gasteiger partial charge in [0.1, 0.15) is 29.9 Å². The first kappa shape index (κ1) is 41.2. The fourth-order valence-corrected chi connectivity index (χ4v) is 10.1. The summed E-state index contributed by atoms with van der Waals surface area (Å²) in [5, 5.41) is 22.9. The molecule has 4 aliphatic heterocycles. The fourth-order valence-electron chi connectivity index (χ4n) is 8.91. The molecule has 1 atom stereocenters. The quantitative estimate of drug-likeness (QED) is 0.110. The number of fused-ring (bicyclic) bond motifs is 2. The maximum absolute atomic E-state index is 13.9. The second-order valence-corrected chi connectivity index (χ2v) is 17.3. The SMILES string of the molecule is O=C1CCC(N2C(=O)c3ccc(N4CCN(CCCN5CCN(CCOc6ccc(C(=O)c7c(-c8ccc(O)cc8)sc8cc(O)ccc78)cc6)CC5)CC4)cc3C2=O)C(=O)N1. The summed E-state index contributed by atoms with van der Waals surface area (Å²) >= 11 is 1.44. The summed E-state index contributed by atoms with van der Waals surface area (Å²) in [4.78, 5) is 75.8. The highest BCUT2D eigenvalue weighted by Crippen LogP contribution is 2.41. The largest absolute Gasteiger partial charge is 0.508 e. The molecule has 1 unspecified atom stereocenters. The molecule has 0 radical (unpaired) electrons. The van der Waals surface area contributed by atoms with Crippen molar-refractivity contribution in [2.75, 3.05) is 83.5 Å². The van der Waals surface area contributed by atoms with Crippen LogP contribution in [0.25, 0.3) is 20.5 Å². The molecule has 9 rings (SSSR count). The summed E-state index contributed by atoms with van der Waals surface area (Å²) in [7, 11) is 0. The molecular weight excluding hydrogens is 809 g/mol. The second kappa shape index (κ2) is 17.7. The maximum atomic E-state index is 13.9. The number of carbonyl (C=O) groups is 5. The van der Waals surface area contributed by atoms with Crippen molar-refractivity contribution in [2.45, 2.75) is 25.3 Å². The lowest BCUT2D eigenvalue weighted by Gasteiger charge is -2.37. The normalized spacial score (nSPS) is 19.0. The van der Waals surface area contributed by atoms with E-state index in [1.165, 1.54) is 11.3 Å². The van der Waals surface area contributed by atoms with E-state index in [2.05, 4.69) is 24.9 Å². The number of benzene rings is 4. The molecule has 62 heavy (non-hydrogen) atoms. The fraction of sp³-hybridized carbons (Fsp3) is 0.340. The minimum Gasteiger partial charge on any atom is -0.508 e. The van der Waals surface area contributed by atoms with Gasteiger partial charge in [-0.1, -0.05) is 0 Å². The molecule has 14 nitrogen and oxygen atoms in total. The lowest BCUT2D eigenvalue weighted by Crippen LogP contribution is -2.54. The topological polar surface area (TPSA) is 163 Å². The summed E-state index contributed by atoms with van der Waals surface area (Å²) in [6.07, 6.45) is 1.31. The van der Waals surface area contributed by atoms with E-state index in [1.807, 2.05) is 18.2 Å². The van der Waals surface area contributed by atoms with Crippen molar-refractivity contribution in [2.24, 2.45) is 0 Å². The predicted molar refractivity (Wildman–Crippen MR) is 235 cm³/mol. The maximum Gasteiger partial charge on any atom is 0.262 e. The monoisotopic (exact) mass is 856 g/mol. The Hall–Kier alpha value is -6.13. The van der Waals surface area contributed by atoms with Crippen molar-refractivity contribution >= 4 is 56.5 Å². The minimum atomic E-state index is -0.971. The van der Waals surface area contributed by atoms with Crippen LogP contribution in [0.2, 0.25) is 0 Å². The van der Waals surface area contributed by atoms with E-state index in [-0.39, 0.29) is 30.1 Å². The van der Waals surface area contributed by atoms with Gasteiger partial charge in [0, 0.05) is 97.1 Å². The number of nitrogens with zero attached hydrogens (tertiary/aromatic N) is 5. The Morgan fingerprint density at radius 2 is 1.35 bits per heavy atom. The van der Waals surface area contributed by atoms with Crippen molar-refractivity contribution in [3.8, 4) is 27.7 Å². The van der Waals surface area contributed by atoms with Gasteiger partial charge in [0.25, 0.3) is 11.8 Å². The number of hydrogen-bond acceptors (Lipinski definition) is 13. The van der Waals surface area contributed by atoms with Crippen LogP contribution < -0.4 is 15.0 Å². The summed E-state index contributed by atoms with van der Waals surface area (Å²) in [5.41, 5.74) is 3.42. The van der Waals surface area contributed by atoms with Gasteiger partial charge in [-0.05, 0) is 116 Å². The van der Waals surface area contributed by atoms with Crippen LogP contribution in [0, 0.1) is 0 Å². The molecule has 0 saturated carbocycles. The summed E-state index contributed by atoms with van der Waals surface area (Å²) in [6, 6.07) is 23.4. The van der Waals surface area contributed by atoms with Gasteiger partial charge in [-0.25, -0.2) is 0 Å². The van der Waals surface area contributed by atoms with E-state index in [4.69, 9.17) is 4.74 Å². The third kappa shape index (κ3) is 8.53. The number of amides is 4. The van der Waals surface area contributed by atoms with Gasteiger partial charge in [-0.15, -0.1) is 11.3 Å². The Balaban J connectivity index is 0.688. The van der Waals surface area contributed by atoms with Crippen molar-refractivity contribution in [3.63, 3.8) is 0 Å². The first-order valence-corrected chi connectivity index (χ1v) is 22.0. The van der Waals surface area contributed by atoms with Crippen LogP contribution in [0.5, 0.6) is 17.2 Å². The Labute approximate surface area is 362 Å². The summed E-state index contributed by atoms with van der Waals surface area (Å²) < 4.78 is 6.91. The van der Waals surface area contributed by atoms with Crippen LogP contribution in [0.15, 0.2) is 84.9 Å². The van der Waals surface area contributed by atoms with E-state index in [0.29, 0.717) is 34.6 Å². The lowest BCUT2D eigenvalue weighted by atomic mass is 9.97. The van der Waals surface area contributed by atoms with Crippen LogP contribution in [0.4, 0.5) is 5.69 Å². The van der Waals surface area contributed by atoms with Gasteiger partial charge >= 0.3 is 0 Å². The molecule has 4 aliphatic rings. The van der Waals surface area contributed by atoms with Gasteiger partial charge in [0.15, 0.2) is 5.78 Å². The van der Waals surface area contributed by atoms with E-state index in [9.17, 15) is 34.2 Å². The third-order valence-electron chi connectivity index (χ3n) is 12.4. The van der Waals surface area contributed by atoms with Gasteiger partial charge in [0.05, 0.1) is 11.1 Å². The van der Waals surface area contributed by atoms with E-state index in [1.54, 1.807) is 66.7 Å². The molecule has 3 saturated heterocycles. The molecule has 3 fully saturated rings. The summed E-state index contributed by atoms with van der Waals surface area (Å²) in [5.74, 6) is -1.10. The zero-order valence-electron chi connectivity index (χ0n) is 34.3. The first-order valence-electron chi connectivity index (χ1n) is 21.2. The summed E-state index contributed by atoms with van der Waals surface area (Å²) in [6.45, 7) is 10.8. The molecule has 4 aromatic carbocycles.